The number of ketones is 1. The first-order valence-corrected chi connectivity index (χ1v) is 6.49. The second-order valence-corrected chi connectivity index (χ2v) is 5.84. The summed E-state index contributed by atoms with van der Waals surface area (Å²) in [5.74, 6) is -0.470. The lowest BCUT2D eigenvalue weighted by atomic mass is 10.1. The minimum Gasteiger partial charge on any atom is -0.289 e. The summed E-state index contributed by atoms with van der Waals surface area (Å²) in [5.41, 5.74) is 0.485. The van der Waals surface area contributed by atoms with Gasteiger partial charge in [0.25, 0.3) is 0 Å². The number of allylic oxidation sites excluding steroid dienone is 1. The van der Waals surface area contributed by atoms with Gasteiger partial charge in [0, 0.05) is 10.4 Å². The van der Waals surface area contributed by atoms with E-state index in [1.54, 1.807) is 17.4 Å². The fourth-order valence-corrected chi connectivity index (χ4v) is 2.61. The van der Waals surface area contributed by atoms with Crippen molar-refractivity contribution in [1.29, 1.82) is 0 Å². The number of rotatable bonds is 3. The molecule has 1 heterocycles. The zero-order chi connectivity index (χ0) is 12.3. The average molecular weight is 311 g/mol. The van der Waals surface area contributed by atoms with Crippen LogP contribution < -0.4 is 0 Å². The topological polar surface area (TPSA) is 17.1 Å². The predicted octanol–water partition coefficient (Wildman–Crippen LogP) is 4.55. The molecule has 0 bridgehead atoms. The Kier molecular flexibility index (Phi) is 3.86. The number of hydrogen-bond acceptors (Lipinski definition) is 2. The van der Waals surface area contributed by atoms with Gasteiger partial charge in [-0.05, 0) is 64.5 Å². The molecular weight excluding hydrogens is 303 g/mol. The predicted molar refractivity (Wildman–Crippen MR) is 71.8 cm³/mol. The maximum absolute atomic E-state index is 12.7. The molecule has 1 aromatic heterocycles. The van der Waals surface area contributed by atoms with Gasteiger partial charge in [-0.15, -0.1) is 11.3 Å². The third-order valence-electron chi connectivity index (χ3n) is 2.12. The second-order valence-electron chi connectivity index (χ2n) is 3.35. The molecule has 0 spiro atoms. The van der Waals surface area contributed by atoms with E-state index in [1.165, 1.54) is 30.3 Å². The zero-order valence-corrected chi connectivity index (χ0v) is 11.1. The Balaban J connectivity index is 2.11. The van der Waals surface area contributed by atoms with E-state index in [2.05, 4.69) is 15.9 Å². The summed E-state index contributed by atoms with van der Waals surface area (Å²) >= 11 is 4.90. The van der Waals surface area contributed by atoms with Crippen LogP contribution in [0.1, 0.15) is 15.2 Å². The van der Waals surface area contributed by atoms with Crippen molar-refractivity contribution in [2.24, 2.45) is 0 Å². The number of benzene rings is 1. The number of halogens is 2. The van der Waals surface area contributed by atoms with Crippen LogP contribution in [0.2, 0.25) is 0 Å². The van der Waals surface area contributed by atoms with Gasteiger partial charge in [0.05, 0.1) is 3.79 Å². The maximum atomic E-state index is 12.7. The lowest BCUT2D eigenvalue weighted by Gasteiger charge is -1.94. The molecule has 1 nitrogen and oxygen atoms in total. The van der Waals surface area contributed by atoms with Gasteiger partial charge in [0.1, 0.15) is 5.82 Å². The first-order valence-electron chi connectivity index (χ1n) is 4.88. The Morgan fingerprint density at radius 1 is 1.18 bits per heavy atom. The largest absolute Gasteiger partial charge is 0.289 e. The Labute approximate surface area is 111 Å². The summed E-state index contributed by atoms with van der Waals surface area (Å²) in [6.45, 7) is 0. The van der Waals surface area contributed by atoms with Gasteiger partial charge < -0.3 is 0 Å². The summed E-state index contributed by atoms with van der Waals surface area (Å²) in [4.78, 5) is 12.7. The van der Waals surface area contributed by atoms with Crippen LogP contribution in [0.5, 0.6) is 0 Å². The van der Waals surface area contributed by atoms with Gasteiger partial charge >= 0.3 is 0 Å². The SMILES string of the molecule is O=C(C=Cc1ccc(Br)s1)c1ccc(F)cc1. The maximum Gasteiger partial charge on any atom is 0.185 e. The molecule has 0 aliphatic rings. The van der Waals surface area contributed by atoms with Crippen molar-refractivity contribution in [1.82, 2.24) is 0 Å². The van der Waals surface area contributed by atoms with Crippen molar-refractivity contribution in [2.75, 3.05) is 0 Å². The van der Waals surface area contributed by atoms with Gasteiger partial charge in [0.2, 0.25) is 0 Å². The number of carbonyl (C=O) groups is 1. The van der Waals surface area contributed by atoms with Gasteiger partial charge in [-0.3, -0.25) is 4.79 Å². The van der Waals surface area contributed by atoms with Gasteiger partial charge in [-0.1, -0.05) is 0 Å². The molecule has 0 aliphatic carbocycles. The van der Waals surface area contributed by atoms with Crippen LogP contribution >= 0.6 is 27.3 Å². The van der Waals surface area contributed by atoms with Crippen molar-refractivity contribution in [3.05, 3.63) is 62.5 Å². The number of carbonyl (C=O) groups excluding carboxylic acids is 1. The summed E-state index contributed by atoms with van der Waals surface area (Å²) in [7, 11) is 0. The van der Waals surface area contributed by atoms with Gasteiger partial charge in [-0.2, -0.15) is 0 Å². The van der Waals surface area contributed by atoms with Gasteiger partial charge in [-0.25, -0.2) is 4.39 Å². The third kappa shape index (κ3) is 3.35. The first kappa shape index (κ1) is 12.2. The van der Waals surface area contributed by atoms with Crippen LogP contribution in [0.15, 0.2) is 46.3 Å². The van der Waals surface area contributed by atoms with Crippen molar-refractivity contribution >= 4 is 39.1 Å². The summed E-state index contributed by atoms with van der Waals surface area (Å²) < 4.78 is 13.7. The van der Waals surface area contributed by atoms with Crippen molar-refractivity contribution in [2.45, 2.75) is 0 Å². The molecule has 0 N–H and O–H groups in total. The van der Waals surface area contributed by atoms with E-state index in [4.69, 9.17) is 0 Å². The second kappa shape index (κ2) is 5.38. The van der Waals surface area contributed by atoms with Crippen molar-refractivity contribution in [3.8, 4) is 0 Å². The van der Waals surface area contributed by atoms with Crippen LogP contribution in [0.4, 0.5) is 4.39 Å². The van der Waals surface area contributed by atoms with E-state index in [1.807, 2.05) is 12.1 Å². The number of hydrogen-bond donors (Lipinski definition) is 0. The lowest BCUT2D eigenvalue weighted by Crippen LogP contribution is -1.93. The number of thiophene rings is 1. The first-order chi connectivity index (χ1) is 8.15. The molecule has 0 saturated carbocycles. The molecule has 1 aromatic carbocycles. The van der Waals surface area contributed by atoms with Crippen LogP contribution in [-0.4, -0.2) is 5.78 Å². The van der Waals surface area contributed by atoms with E-state index < -0.39 is 0 Å². The normalized spacial score (nSPS) is 10.9. The molecule has 0 atom stereocenters. The van der Waals surface area contributed by atoms with Crippen LogP contribution in [0.25, 0.3) is 6.08 Å². The lowest BCUT2D eigenvalue weighted by molar-refractivity contribution is 0.104. The highest BCUT2D eigenvalue weighted by Crippen LogP contribution is 2.23. The van der Waals surface area contributed by atoms with E-state index in [0.717, 1.165) is 8.66 Å². The highest BCUT2D eigenvalue weighted by atomic mass is 79.9. The van der Waals surface area contributed by atoms with E-state index in [0.29, 0.717) is 5.56 Å². The summed E-state index contributed by atoms with van der Waals surface area (Å²) in [6.07, 6.45) is 3.24. The molecule has 2 aromatic rings. The standard InChI is InChI=1S/C13H8BrFOS/c14-13-8-6-11(17-13)5-7-12(16)9-1-3-10(15)4-2-9/h1-8H. The minimum atomic E-state index is -0.340. The molecule has 0 amide bonds. The van der Waals surface area contributed by atoms with Crippen molar-refractivity contribution in [3.63, 3.8) is 0 Å². The molecule has 4 heteroatoms. The molecule has 0 radical (unpaired) electrons. The smallest absolute Gasteiger partial charge is 0.185 e. The van der Waals surface area contributed by atoms with Crippen LogP contribution in [0, 0.1) is 5.82 Å². The Bertz CT molecular complexity index is 557. The highest BCUT2D eigenvalue weighted by molar-refractivity contribution is 9.11. The summed E-state index contributed by atoms with van der Waals surface area (Å²) in [5, 5.41) is 0. The fraction of sp³-hybridized carbons (Fsp3) is 0. The van der Waals surface area contributed by atoms with Gasteiger partial charge in [0.15, 0.2) is 5.78 Å². The van der Waals surface area contributed by atoms with E-state index >= 15 is 0 Å². The third-order valence-corrected chi connectivity index (χ3v) is 3.71. The molecule has 86 valence electrons. The quantitative estimate of drug-likeness (QED) is 0.600. The van der Waals surface area contributed by atoms with Crippen LogP contribution in [-0.2, 0) is 0 Å². The monoisotopic (exact) mass is 310 g/mol. The molecule has 0 aliphatic heterocycles. The van der Waals surface area contributed by atoms with Crippen LogP contribution in [0.3, 0.4) is 0 Å². The zero-order valence-electron chi connectivity index (χ0n) is 8.69. The Hall–Kier alpha value is -1.26. The Morgan fingerprint density at radius 2 is 1.88 bits per heavy atom. The van der Waals surface area contributed by atoms with E-state index in [9.17, 15) is 9.18 Å². The molecule has 17 heavy (non-hydrogen) atoms. The highest BCUT2D eigenvalue weighted by Gasteiger charge is 2.01. The fourth-order valence-electron chi connectivity index (χ4n) is 1.29. The molecule has 0 saturated heterocycles. The van der Waals surface area contributed by atoms with E-state index in [-0.39, 0.29) is 11.6 Å². The minimum absolute atomic E-state index is 0.130. The molecule has 0 unspecified atom stereocenters. The molecule has 2 rings (SSSR count). The van der Waals surface area contributed by atoms with Crippen molar-refractivity contribution < 1.29 is 9.18 Å². The molecule has 0 fully saturated rings. The molecular formula is C13H8BrFOS. The Morgan fingerprint density at radius 3 is 2.47 bits per heavy atom. The average Bonchev–Trinajstić information content (AvgIpc) is 2.73. The summed E-state index contributed by atoms with van der Waals surface area (Å²) in [6, 6.07) is 9.36.